The predicted molar refractivity (Wildman–Crippen MR) is 93.1 cm³/mol. The standard InChI is InChI=1S/C19H20N4O2/c1-2-14-8-9-23(21-14)16-10-15(11-16)20-19(24)17-12-18(25-22-17)13-6-4-3-5-7-13/h3-9,12,15-16H,2,10-11H2,1H3,(H,20,24)/t15-,16+. The number of aryl methyl sites for hydroxylation is 1. The molecule has 0 saturated heterocycles. The second-order valence-electron chi connectivity index (χ2n) is 6.38. The fraction of sp³-hybridized carbons (Fsp3) is 0.316. The van der Waals surface area contributed by atoms with Crippen molar-refractivity contribution < 1.29 is 9.32 Å². The molecule has 1 saturated carbocycles. The summed E-state index contributed by atoms with van der Waals surface area (Å²) in [6, 6.07) is 13.9. The van der Waals surface area contributed by atoms with E-state index in [0.717, 1.165) is 30.5 Å². The molecule has 2 aromatic heterocycles. The summed E-state index contributed by atoms with van der Waals surface area (Å²) in [5, 5.41) is 11.4. The summed E-state index contributed by atoms with van der Waals surface area (Å²) in [5.41, 5.74) is 2.32. The molecule has 0 atom stereocenters. The van der Waals surface area contributed by atoms with Gasteiger partial charge in [-0.05, 0) is 25.3 Å². The predicted octanol–water partition coefficient (Wildman–Crippen LogP) is 3.23. The molecule has 1 fully saturated rings. The van der Waals surface area contributed by atoms with E-state index >= 15 is 0 Å². The van der Waals surface area contributed by atoms with E-state index in [2.05, 4.69) is 22.5 Å². The number of nitrogens with one attached hydrogen (secondary N) is 1. The summed E-state index contributed by atoms with van der Waals surface area (Å²) in [5.74, 6) is 0.407. The van der Waals surface area contributed by atoms with E-state index < -0.39 is 0 Å². The monoisotopic (exact) mass is 336 g/mol. The summed E-state index contributed by atoms with van der Waals surface area (Å²) in [6.45, 7) is 2.10. The molecule has 3 aromatic rings. The van der Waals surface area contributed by atoms with Crippen LogP contribution in [0.15, 0.2) is 53.2 Å². The summed E-state index contributed by atoms with van der Waals surface area (Å²) in [4.78, 5) is 12.3. The van der Waals surface area contributed by atoms with Crippen LogP contribution in [0.25, 0.3) is 11.3 Å². The first kappa shape index (κ1) is 15.6. The average molecular weight is 336 g/mol. The molecule has 1 N–H and O–H groups in total. The van der Waals surface area contributed by atoms with Crippen molar-refractivity contribution in [2.75, 3.05) is 0 Å². The lowest BCUT2D eigenvalue weighted by atomic mass is 9.87. The molecule has 0 aliphatic heterocycles. The largest absolute Gasteiger partial charge is 0.355 e. The molecule has 6 heteroatoms. The molecule has 0 bridgehead atoms. The van der Waals surface area contributed by atoms with Crippen molar-refractivity contribution in [1.29, 1.82) is 0 Å². The number of benzene rings is 1. The van der Waals surface area contributed by atoms with Gasteiger partial charge in [0.2, 0.25) is 0 Å². The Bertz CT molecular complexity index is 862. The topological polar surface area (TPSA) is 73.0 Å². The first-order chi connectivity index (χ1) is 12.2. The smallest absolute Gasteiger partial charge is 0.273 e. The Morgan fingerprint density at radius 3 is 2.80 bits per heavy atom. The van der Waals surface area contributed by atoms with E-state index in [1.165, 1.54) is 0 Å². The van der Waals surface area contributed by atoms with Gasteiger partial charge in [-0.1, -0.05) is 42.4 Å². The van der Waals surface area contributed by atoms with Gasteiger partial charge in [-0.3, -0.25) is 9.48 Å². The van der Waals surface area contributed by atoms with Gasteiger partial charge in [-0.25, -0.2) is 0 Å². The summed E-state index contributed by atoms with van der Waals surface area (Å²) >= 11 is 0. The Morgan fingerprint density at radius 2 is 2.08 bits per heavy atom. The highest BCUT2D eigenvalue weighted by Crippen LogP contribution is 2.32. The maximum atomic E-state index is 12.3. The third-order valence-electron chi connectivity index (χ3n) is 4.65. The molecule has 25 heavy (non-hydrogen) atoms. The molecule has 0 radical (unpaired) electrons. The zero-order chi connectivity index (χ0) is 17.2. The van der Waals surface area contributed by atoms with Crippen LogP contribution in [0, 0.1) is 0 Å². The minimum atomic E-state index is -0.191. The fourth-order valence-electron chi connectivity index (χ4n) is 3.07. The van der Waals surface area contributed by atoms with Crippen LogP contribution in [0.1, 0.15) is 42.0 Å². The molecule has 4 rings (SSSR count). The zero-order valence-corrected chi connectivity index (χ0v) is 14.1. The lowest BCUT2D eigenvalue weighted by molar-refractivity contribution is 0.0879. The van der Waals surface area contributed by atoms with Gasteiger partial charge in [0.05, 0.1) is 11.7 Å². The van der Waals surface area contributed by atoms with Gasteiger partial charge in [-0.15, -0.1) is 0 Å². The molecule has 6 nitrogen and oxygen atoms in total. The van der Waals surface area contributed by atoms with Gasteiger partial charge >= 0.3 is 0 Å². The van der Waals surface area contributed by atoms with Crippen molar-refractivity contribution in [2.45, 2.75) is 38.3 Å². The molecule has 1 aliphatic rings. The van der Waals surface area contributed by atoms with Crippen molar-refractivity contribution in [3.8, 4) is 11.3 Å². The van der Waals surface area contributed by atoms with Crippen LogP contribution in [0.4, 0.5) is 0 Å². The Labute approximate surface area is 145 Å². The van der Waals surface area contributed by atoms with E-state index in [4.69, 9.17) is 4.52 Å². The zero-order valence-electron chi connectivity index (χ0n) is 14.1. The SMILES string of the molecule is CCc1ccn([C@H]2C[C@@H](NC(=O)c3cc(-c4ccccc4)on3)C2)n1. The molecule has 0 unspecified atom stereocenters. The number of hydrogen-bond donors (Lipinski definition) is 1. The van der Waals surface area contributed by atoms with Crippen molar-refractivity contribution in [2.24, 2.45) is 0 Å². The van der Waals surface area contributed by atoms with Crippen LogP contribution in [-0.4, -0.2) is 26.9 Å². The average Bonchev–Trinajstić information content (AvgIpc) is 3.27. The van der Waals surface area contributed by atoms with E-state index in [0.29, 0.717) is 17.5 Å². The van der Waals surface area contributed by atoms with Gasteiger partial charge < -0.3 is 9.84 Å². The first-order valence-electron chi connectivity index (χ1n) is 8.60. The van der Waals surface area contributed by atoms with E-state index in [9.17, 15) is 4.79 Å². The van der Waals surface area contributed by atoms with Crippen LogP contribution < -0.4 is 5.32 Å². The Balaban J connectivity index is 1.34. The highest BCUT2D eigenvalue weighted by Gasteiger charge is 2.32. The quantitative estimate of drug-likeness (QED) is 0.776. The van der Waals surface area contributed by atoms with Crippen molar-refractivity contribution >= 4 is 5.91 Å². The highest BCUT2D eigenvalue weighted by molar-refractivity contribution is 5.93. The van der Waals surface area contributed by atoms with Crippen molar-refractivity contribution in [3.05, 3.63) is 60.0 Å². The molecule has 1 aromatic carbocycles. The van der Waals surface area contributed by atoms with E-state index in [1.807, 2.05) is 47.3 Å². The van der Waals surface area contributed by atoms with Crippen LogP contribution in [0.2, 0.25) is 0 Å². The van der Waals surface area contributed by atoms with Crippen molar-refractivity contribution in [3.63, 3.8) is 0 Å². The molecule has 1 aliphatic carbocycles. The van der Waals surface area contributed by atoms with E-state index in [1.54, 1.807) is 6.07 Å². The Hall–Kier alpha value is -2.89. The first-order valence-corrected chi connectivity index (χ1v) is 8.60. The number of carbonyl (C=O) groups excluding carboxylic acids is 1. The minimum Gasteiger partial charge on any atom is -0.355 e. The Morgan fingerprint density at radius 1 is 1.28 bits per heavy atom. The van der Waals surface area contributed by atoms with Gasteiger partial charge in [0.25, 0.3) is 5.91 Å². The van der Waals surface area contributed by atoms with E-state index in [-0.39, 0.29) is 11.9 Å². The fourth-order valence-corrected chi connectivity index (χ4v) is 3.07. The van der Waals surface area contributed by atoms with Crippen LogP contribution in [-0.2, 0) is 6.42 Å². The molecular weight excluding hydrogens is 316 g/mol. The maximum absolute atomic E-state index is 12.3. The summed E-state index contributed by atoms with van der Waals surface area (Å²) in [7, 11) is 0. The molecular formula is C19H20N4O2. The summed E-state index contributed by atoms with van der Waals surface area (Å²) < 4.78 is 7.29. The van der Waals surface area contributed by atoms with Crippen LogP contribution >= 0.6 is 0 Å². The summed E-state index contributed by atoms with van der Waals surface area (Å²) in [6.07, 6.45) is 4.74. The third kappa shape index (κ3) is 3.20. The normalized spacial score (nSPS) is 19.4. The number of hydrogen-bond acceptors (Lipinski definition) is 4. The van der Waals surface area contributed by atoms with Crippen LogP contribution in [0.3, 0.4) is 0 Å². The van der Waals surface area contributed by atoms with Gasteiger partial charge in [-0.2, -0.15) is 5.10 Å². The third-order valence-corrected chi connectivity index (χ3v) is 4.65. The lowest BCUT2D eigenvalue weighted by Crippen LogP contribution is -2.45. The molecule has 2 heterocycles. The number of amides is 1. The van der Waals surface area contributed by atoms with Crippen LogP contribution in [0.5, 0.6) is 0 Å². The van der Waals surface area contributed by atoms with Gasteiger partial charge in [0.1, 0.15) is 0 Å². The highest BCUT2D eigenvalue weighted by atomic mass is 16.5. The maximum Gasteiger partial charge on any atom is 0.273 e. The van der Waals surface area contributed by atoms with Gasteiger partial charge in [0, 0.05) is 23.9 Å². The number of aromatic nitrogens is 3. The van der Waals surface area contributed by atoms with Crippen molar-refractivity contribution in [1.82, 2.24) is 20.3 Å². The molecule has 1 amide bonds. The van der Waals surface area contributed by atoms with Gasteiger partial charge in [0.15, 0.2) is 11.5 Å². The number of nitrogens with zero attached hydrogens (tertiary/aromatic N) is 3. The number of rotatable bonds is 5. The number of carbonyl (C=O) groups is 1. The Kier molecular flexibility index (Phi) is 4.09. The molecule has 0 spiro atoms. The minimum absolute atomic E-state index is 0.156. The second-order valence-corrected chi connectivity index (χ2v) is 6.38. The lowest BCUT2D eigenvalue weighted by Gasteiger charge is -2.35. The second kappa shape index (κ2) is 6.55. The molecule has 128 valence electrons.